The van der Waals surface area contributed by atoms with Gasteiger partial charge in [0, 0.05) is 16.9 Å². The van der Waals surface area contributed by atoms with E-state index in [1.54, 1.807) is 42.8 Å². The van der Waals surface area contributed by atoms with Gasteiger partial charge in [0.25, 0.3) is 0 Å². The number of methoxy groups -OCH3 is 2. The smallest absolute Gasteiger partial charge is 0.231 e. The molecule has 5 rings (SSSR count). The minimum absolute atomic E-state index is 0.236. The zero-order chi connectivity index (χ0) is 20.0. The van der Waals surface area contributed by atoms with Crippen LogP contribution in [0.4, 0.5) is 0 Å². The Morgan fingerprint density at radius 2 is 1.90 bits per heavy atom. The van der Waals surface area contributed by atoms with Crippen molar-refractivity contribution < 1.29 is 18.9 Å². The van der Waals surface area contributed by atoms with Gasteiger partial charge >= 0.3 is 0 Å². The highest BCUT2D eigenvalue weighted by Crippen LogP contribution is 2.40. The number of fused-ring (bicyclic) bond motifs is 2. The Bertz CT molecular complexity index is 1150. The van der Waals surface area contributed by atoms with Crippen molar-refractivity contribution in [2.45, 2.75) is 5.16 Å². The molecule has 0 radical (unpaired) electrons. The minimum atomic E-state index is 0.236. The van der Waals surface area contributed by atoms with Crippen molar-refractivity contribution >= 4 is 29.1 Å². The second-order valence-electron chi connectivity index (χ2n) is 6.21. The topological polar surface area (TPSA) is 80.0 Å². The van der Waals surface area contributed by atoms with Crippen molar-refractivity contribution in [1.82, 2.24) is 14.9 Å². The molecule has 0 N–H and O–H groups in total. The average Bonchev–Trinajstić information content (AvgIpc) is 3.38. The Hall–Kier alpha value is -2.91. The van der Waals surface area contributed by atoms with Gasteiger partial charge in [0.1, 0.15) is 0 Å². The van der Waals surface area contributed by atoms with Crippen LogP contribution in [-0.4, -0.2) is 47.4 Å². The normalized spacial score (nSPS) is 14.4. The molecule has 0 spiro atoms. The van der Waals surface area contributed by atoms with E-state index in [1.165, 1.54) is 0 Å². The molecule has 0 fully saturated rings. The van der Waals surface area contributed by atoms with Gasteiger partial charge in [-0.15, -0.1) is 10.2 Å². The van der Waals surface area contributed by atoms with Crippen molar-refractivity contribution in [1.29, 1.82) is 0 Å². The molecule has 29 heavy (non-hydrogen) atoms. The number of benzene rings is 2. The summed E-state index contributed by atoms with van der Waals surface area (Å²) in [5, 5.41) is 14.5. The molecule has 2 aromatic carbocycles. The summed E-state index contributed by atoms with van der Waals surface area (Å²) in [4.78, 5) is 0. The number of thioether (sulfide) groups is 1. The van der Waals surface area contributed by atoms with E-state index in [2.05, 4.69) is 10.2 Å². The molecule has 0 saturated heterocycles. The van der Waals surface area contributed by atoms with Crippen LogP contribution in [0.5, 0.6) is 23.0 Å². The van der Waals surface area contributed by atoms with Crippen LogP contribution in [0.25, 0.3) is 11.4 Å². The molecule has 0 saturated carbocycles. The third-order valence-corrected chi connectivity index (χ3v) is 5.78. The van der Waals surface area contributed by atoms with Gasteiger partial charge in [-0.05, 0) is 30.3 Å². The van der Waals surface area contributed by atoms with Gasteiger partial charge in [0.15, 0.2) is 28.8 Å². The number of hydrogen-bond donors (Lipinski definition) is 0. The highest BCUT2D eigenvalue weighted by molar-refractivity contribution is 7.99. The molecule has 10 heteroatoms. The van der Waals surface area contributed by atoms with E-state index in [0.717, 1.165) is 28.3 Å². The van der Waals surface area contributed by atoms with Gasteiger partial charge in [-0.2, -0.15) is 9.78 Å². The van der Waals surface area contributed by atoms with Gasteiger partial charge in [-0.25, -0.2) is 0 Å². The zero-order valence-corrected chi connectivity index (χ0v) is 17.1. The number of ether oxygens (including phenoxy) is 4. The largest absolute Gasteiger partial charge is 0.493 e. The fourth-order valence-corrected chi connectivity index (χ4v) is 4.30. The molecule has 2 aliphatic heterocycles. The monoisotopic (exact) mass is 430 g/mol. The molecular formula is C19H15ClN4O4S. The standard InChI is InChI=1S/C19H15ClN4O4S/c1-25-16-7-11(5-12(20)17(16)26-2)18-21-22-19-24(18)23-13(8-29-19)10-3-4-14-15(6-10)28-9-27-14/h3-7H,8-9H2,1-2H3. The van der Waals surface area contributed by atoms with Crippen LogP contribution in [0.2, 0.25) is 5.02 Å². The van der Waals surface area contributed by atoms with Crippen molar-refractivity contribution in [3.05, 3.63) is 40.9 Å². The first-order chi connectivity index (χ1) is 14.2. The molecule has 8 nitrogen and oxygen atoms in total. The van der Waals surface area contributed by atoms with E-state index in [1.807, 2.05) is 18.2 Å². The molecule has 0 amide bonds. The fraction of sp³-hybridized carbons (Fsp3) is 0.211. The molecule has 0 unspecified atom stereocenters. The maximum Gasteiger partial charge on any atom is 0.231 e. The number of halogens is 1. The molecule has 3 heterocycles. The molecule has 2 aliphatic rings. The van der Waals surface area contributed by atoms with Crippen LogP contribution in [0.15, 0.2) is 40.6 Å². The van der Waals surface area contributed by atoms with Gasteiger partial charge < -0.3 is 18.9 Å². The third-order valence-electron chi connectivity index (χ3n) is 4.57. The summed E-state index contributed by atoms with van der Waals surface area (Å²) < 4.78 is 23.3. The summed E-state index contributed by atoms with van der Waals surface area (Å²) in [7, 11) is 3.10. The van der Waals surface area contributed by atoms with Gasteiger partial charge in [0.2, 0.25) is 11.9 Å². The van der Waals surface area contributed by atoms with E-state index in [0.29, 0.717) is 33.3 Å². The van der Waals surface area contributed by atoms with Crippen molar-refractivity contribution in [3.8, 4) is 34.4 Å². The number of aromatic nitrogens is 3. The summed E-state index contributed by atoms with van der Waals surface area (Å²) >= 11 is 7.92. The first-order valence-corrected chi connectivity index (χ1v) is 10.0. The summed E-state index contributed by atoms with van der Waals surface area (Å²) in [5.41, 5.74) is 2.56. The molecule has 0 aliphatic carbocycles. The van der Waals surface area contributed by atoms with Crippen molar-refractivity contribution in [2.75, 3.05) is 26.8 Å². The summed E-state index contributed by atoms with van der Waals surface area (Å²) in [6.45, 7) is 0.236. The quantitative estimate of drug-likeness (QED) is 0.624. The highest BCUT2D eigenvalue weighted by Gasteiger charge is 2.24. The Labute approximate surface area is 175 Å². The lowest BCUT2D eigenvalue weighted by Gasteiger charge is -2.15. The third kappa shape index (κ3) is 3.06. The Balaban J connectivity index is 1.58. The summed E-state index contributed by atoms with van der Waals surface area (Å²) in [6.07, 6.45) is 0. The van der Waals surface area contributed by atoms with Crippen LogP contribution < -0.4 is 18.9 Å². The first-order valence-electron chi connectivity index (χ1n) is 8.66. The SMILES string of the molecule is COc1cc(-c2nnc3n2N=C(c2ccc4c(c2)OCO4)CS3)cc(Cl)c1OC. The van der Waals surface area contributed by atoms with E-state index >= 15 is 0 Å². The fourth-order valence-electron chi connectivity index (χ4n) is 3.17. The van der Waals surface area contributed by atoms with Gasteiger partial charge in [-0.3, -0.25) is 0 Å². The average molecular weight is 431 g/mol. The Morgan fingerprint density at radius 1 is 1.03 bits per heavy atom. The van der Waals surface area contributed by atoms with E-state index in [4.69, 9.17) is 35.6 Å². The Morgan fingerprint density at radius 3 is 2.72 bits per heavy atom. The van der Waals surface area contributed by atoms with E-state index in [9.17, 15) is 0 Å². The molecule has 1 aromatic heterocycles. The second kappa shape index (κ2) is 7.16. The maximum absolute atomic E-state index is 6.36. The van der Waals surface area contributed by atoms with Crippen LogP contribution in [0, 0.1) is 0 Å². The highest BCUT2D eigenvalue weighted by atomic mass is 35.5. The molecular weight excluding hydrogens is 416 g/mol. The van der Waals surface area contributed by atoms with Crippen LogP contribution in [0.1, 0.15) is 5.56 Å². The maximum atomic E-state index is 6.36. The summed E-state index contributed by atoms with van der Waals surface area (Å²) in [5.74, 6) is 3.67. The van der Waals surface area contributed by atoms with Gasteiger partial charge in [0.05, 0.1) is 25.0 Å². The molecule has 0 bridgehead atoms. The van der Waals surface area contributed by atoms with Crippen LogP contribution in [0.3, 0.4) is 0 Å². The van der Waals surface area contributed by atoms with Crippen LogP contribution in [-0.2, 0) is 0 Å². The predicted octanol–water partition coefficient (Wildman–Crippen LogP) is 3.70. The molecule has 3 aromatic rings. The van der Waals surface area contributed by atoms with Crippen molar-refractivity contribution in [2.24, 2.45) is 5.10 Å². The van der Waals surface area contributed by atoms with Crippen LogP contribution >= 0.6 is 23.4 Å². The number of rotatable bonds is 4. The lowest BCUT2D eigenvalue weighted by Crippen LogP contribution is -2.13. The zero-order valence-electron chi connectivity index (χ0n) is 15.5. The van der Waals surface area contributed by atoms with E-state index in [-0.39, 0.29) is 6.79 Å². The predicted molar refractivity (Wildman–Crippen MR) is 109 cm³/mol. The lowest BCUT2D eigenvalue weighted by atomic mass is 10.1. The van der Waals surface area contributed by atoms with Crippen molar-refractivity contribution in [3.63, 3.8) is 0 Å². The lowest BCUT2D eigenvalue weighted by molar-refractivity contribution is 0.174. The molecule has 0 atom stereocenters. The summed E-state index contributed by atoms with van der Waals surface area (Å²) in [6, 6.07) is 9.35. The molecule has 148 valence electrons. The Kier molecular flexibility index (Phi) is 4.48. The first kappa shape index (κ1) is 18.1. The minimum Gasteiger partial charge on any atom is -0.493 e. The van der Waals surface area contributed by atoms with E-state index < -0.39 is 0 Å². The second-order valence-corrected chi connectivity index (χ2v) is 7.56. The number of nitrogens with zero attached hydrogens (tertiary/aromatic N) is 4. The number of hydrogen-bond acceptors (Lipinski definition) is 8. The van der Waals surface area contributed by atoms with Gasteiger partial charge in [-0.1, -0.05) is 23.4 Å².